The lowest BCUT2D eigenvalue weighted by atomic mass is 9.88. The summed E-state index contributed by atoms with van der Waals surface area (Å²) in [5.74, 6) is 0.751. The van der Waals surface area contributed by atoms with Crippen LogP contribution in [0.1, 0.15) is 58.2 Å². The van der Waals surface area contributed by atoms with Gasteiger partial charge in [0.15, 0.2) is 5.82 Å². The summed E-state index contributed by atoms with van der Waals surface area (Å²) in [5.41, 5.74) is 6.10. The van der Waals surface area contributed by atoms with Crippen LogP contribution in [0.2, 0.25) is 0 Å². The zero-order chi connectivity index (χ0) is 14.8. The van der Waals surface area contributed by atoms with E-state index < -0.39 is 5.54 Å². The molecule has 2 rings (SSSR count). The van der Waals surface area contributed by atoms with Gasteiger partial charge >= 0.3 is 5.97 Å². The van der Waals surface area contributed by atoms with Crippen molar-refractivity contribution in [1.82, 2.24) is 10.1 Å². The molecule has 6 heteroatoms. The minimum atomic E-state index is -0.505. The molecule has 1 saturated carbocycles. The van der Waals surface area contributed by atoms with Crippen molar-refractivity contribution in [3.63, 3.8) is 0 Å². The lowest BCUT2D eigenvalue weighted by Crippen LogP contribution is -2.35. The van der Waals surface area contributed by atoms with Crippen molar-refractivity contribution < 1.29 is 14.1 Å². The molecule has 1 aliphatic rings. The summed E-state index contributed by atoms with van der Waals surface area (Å²) < 4.78 is 10.1. The molecule has 0 spiro atoms. The van der Waals surface area contributed by atoms with Gasteiger partial charge in [0.2, 0.25) is 5.89 Å². The number of aromatic nitrogens is 2. The van der Waals surface area contributed by atoms with Gasteiger partial charge in [-0.05, 0) is 31.6 Å². The monoisotopic (exact) mass is 281 g/mol. The van der Waals surface area contributed by atoms with Gasteiger partial charge in [-0.15, -0.1) is 0 Å². The number of carbonyl (C=O) groups is 1. The lowest BCUT2D eigenvalue weighted by molar-refractivity contribution is -0.143. The van der Waals surface area contributed by atoms with Crippen LogP contribution in [-0.2, 0) is 21.5 Å². The molecule has 1 unspecified atom stereocenters. The fourth-order valence-electron chi connectivity index (χ4n) is 2.78. The number of nitrogens with zero attached hydrogens (tertiary/aromatic N) is 2. The van der Waals surface area contributed by atoms with Crippen molar-refractivity contribution >= 4 is 5.97 Å². The number of aryl methyl sites for hydroxylation is 1. The smallest absolute Gasteiger partial charge is 0.306 e. The number of nitrogens with two attached hydrogens (primary N) is 1. The third-order valence-electron chi connectivity index (χ3n) is 3.80. The molecule has 1 fully saturated rings. The molecule has 0 radical (unpaired) electrons. The summed E-state index contributed by atoms with van der Waals surface area (Å²) in [6, 6.07) is 0. The summed E-state index contributed by atoms with van der Waals surface area (Å²) in [4.78, 5) is 15.6. The molecule has 0 amide bonds. The van der Waals surface area contributed by atoms with Crippen molar-refractivity contribution in [2.75, 3.05) is 6.61 Å². The highest BCUT2D eigenvalue weighted by molar-refractivity contribution is 5.69. The molecule has 1 aromatic heterocycles. The van der Waals surface area contributed by atoms with E-state index in [2.05, 4.69) is 24.0 Å². The van der Waals surface area contributed by atoms with Gasteiger partial charge in [0.1, 0.15) is 0 Å². The third kappa shape index (κ3) is 3.36. The van der Waals surface area contributed by atoms with Crippen molar-refractivity contribution in [2.24, 2.45) is 11.1 Å². The molecular formula is C14H23N3O3. The SMILES string of the molecule is CCOC(=O)CCc1nc(C2(N)CCC(C)(C)C2)no1. The standard InChI is InChI=1S/C14H23N3O3/c1-4-19-11(18)6-5-10-16-12(17-20-10)14(15)8-7-13(2,3)9-14/h4-9,15H2,1-3H3. The van der Waals surface area contributed by atoms with Crippen LogP contribution in [0.5, 0.6) is 0 Å². The fraction of sp³-hybridized carbons (Fsp3) is 0.786. The molecule has 1 heterocycles. The molecule has 6 nitrogen and oxygen atoms in total. The molecule has 20 heavy (non-hydrogen) atoms. The van der Waals surface area contributed by atoms with Gasteiger partial charge in [-0.2, -0.15) is 4.98 Å². The Morgan fingerprint density at radius 2 is 2.20 bits per heavy atom. The first-order chi connectivity index (χ1) is 9.35. The van der Waals surface area contributed by atoms with Crippen molar-refractivity contribution in [3.8, 4) is 0 Å². The fourth-order valence-corrected chi connectivity index (χ4v) is 2.78. The number of esters is 1. The highest BCUT2D eigenvalue weighted by Crippen LogP contribution is 2.46. The topological polar surface area (TPSA) is 91.2 Å². The van der Waals surface area contributed by atoms with E-state index in [4.69, 9.17) is 15.0 Å². The van der Waals surface area contributed by atoms with E-state index in [-0.39, 0.29) is 17.8 Å². The Morgan fingerprint density at radius 3 is 2.80 bits per heavy atom. The van der Waals surface area contributed by atoms with Crippen LogP contribution >= 0.6 is 0 Å². The van der Waals surface area contributed by atoms with Crippen LogP contribution in [0.4, 0.5) is 0 Å². The van der Waals surface area contributed by atoms with Crippen LogP contribution < -0.4 is 5.73 Å². The molecule has 1 aromatic rings. The molecule has 0 aromatic carbocycles. The van der Waals surface area contributed by atoms with E-state index in [1.807, 2.05) is 0 Å². The molecule has 2 N–H and O–H groups in total. The predicted molar refractivity (Wildman–Crippen MR) is 72.7 cm³/mol. The second-order valence-electron chi connectivity index (χ2n) is 6.31. The normalized spacial score (nSPS) is 24.8. The van der Waals surface area contributed by atoms with Gasteiger partial charge in [0.25, 0.3) is 0 Å². The van der Waals surface area contributed by atoms with Crippen molar-refractivity contribution in [2.45, 2.75) is 58.4 Å². The number of rotatable bonds is 5. The number of ether oxygens (including phenoxy) is 1. The van der Waals surface area contributed by atoms with E-state index in [0.717, 1.165) is 19.3 Å². The Bertz CT molecular complexity index is 484. The average Bonchev–Trinajstić information content (AvgIpc) is 2.93. The molecule has 1 atom stereocenters. The summed E-state index contributed by atoms with van der Waals surface area (Å²) >= 11 is 0. The predicted octanol–water partition coefficient (Wildman–Crippen LogP) is 1.93. The second-order valence-corrected chi connectivity index (χ2v) is 6.31. The zero-order valence-electron chi connectivity index (χ0n) is 12.4. The van der Waals surface area contributed by atoms with E-state index >= 15 is 0 Å². The Kier molecular flexibility index (Phi) is 4.13. The minimum absolute atomic E-state index is 0.209. The van der Waals surface area contributed by atoms with Crippen LogP contribution in [0, 0.1) is 5.41 Å². The molecular weight excluding hydrogens is 258 g/mol. The minimum Gasteiger partial charge on any atom is -0.466 e. The van der Waals surface area contributed by atoms with E-state index in [1.165, 1.54) is 0 Å². The summed E-state index contributed by atoms with van der Waals surface area (Å²) in [7, 11) is 0. The first-order valence-electron chi connectivity index (χ1n) is 7.12. The maximum atomic E-state index is 11.3. The molecule has 0 aliphatic heterocycles. The maximum absolute atomic E-state index is 11.3. The van der Waals surface area contributed by atoms with Crippen LogP contribution in [0.3, 0.4) is 0 Å². The molecule has 112 valence electrons. The first kappa shape index (κ1) is 15.0. The number of carbonyl (C=O) groups excluding carboxylic acids is 1. The van der Waals surface area contributed by atoms with Crippen LogP contribution in [0.25, 0.3) is 0 Å². The van der Waals surface area contributed by atoms with Crippen molar-refractivity contribution in [3.05, 3.63) is 11.7 Å². The molecule has 0 bridgehead atoms. The largest absolute Gasteiger partial charge is 0.466 e. The zero-order valence-corrected chi connectivity index (χ0v) is 12.4. The van der Waals surface area contributed by atoms with Crippen molar-refractivity contribution in [1.29, 1.82) is 0 Å². The van der Waals surface area contributed by atoms with Gasteiger partial charge in [-0.25, -0.2) is 0 Å². The van der Waals surface area contributed by atoms with Gasteiger partial charge in [-0.3, -0.25) is 4.79 Å². The quantitative estimate of drug-likeness (QED) is 0.829. The van der Waals surface area contributed by atoms with Crippen LogP contribution in [0.15, 0.2) is 4.52 Å². The highest BCUT2D eigenvalue weighted by Gasteiger charge is 2.44. The Balaban J connectivity index is 1.97. The van der Waals surface area contributed by atoms with Gasteiger partial charge in [-0.1, -0.05) is 19.0 Å². The Hall–Kier alpha value is -1.43. The van der Waals surface area contributed by atoms with Gasteiger partial charge in [0.05, 0.1) is 18.6 Å². The van der Waals surface area contributed by atoms with Gasteiger partial charge < -0.3 is 15.0 Å². The van der Waals surface area contributed by atoms with Crippen LogP contribution in [-0.4, -0.2) is 22.7 Å². The Labute approximate surface area is 119 Å². The van der Waals surface area contributed by atoms with E-state index in [0.29, 0.717) is 24.7 Å². The number of hydrogen-bond acceptors (Lipinski definition) is 6. The average molecular weight is 281 g/mol. The lowest BCUT2D eigenvalue weighted by Gasteiger charge is -2.22. The van der Waals surface area contributed by atoms with E-state index in [9.17, 15) is 4.79 Å². The van der Waals surface area contributed by atoms with Gasteiger partial charge in [0, 0.05) is 6.42 Å². The third-order valence-corrected chi connectivity index (χ3v) is 3.80. The summed E-state index contributed by atoms with van der Waals surface area (Å²) in [5, 5.41) is 4.00. The number of hydrogen-bond donors (Lipinski definition) is 1. The van der Waals surface area contributed by atoms with E-state index in [1.54, 1.807) is 6.92 Å². The second kappa shape index (κ2) is 5.52. The highest BCUT2D eigenvalue weighted by atomic mass is 16.5. The first-order valence-corrected chi connectivity index (χ1v) is 7.12. The molecule has 0 saturated heterocycles. The maximum Gasteiger partial charge on any atom is 0.306 e. The summed E-state index contributed by atoms with van der Waals surface area (Å²) in [6.07, 6.45) is 3.40. The Morgan fingerprint density at radius 1 is 1.45 bits per heavy atom. The summed E-state index contributed by atoms with van der Waals surface area (Å²) in [6.45, 7) is 6.56. The molecule has 1 aliphatic carbocycles.